The zero-order valence-electron chi connectivity index (χ0n) is 11.0. The summed E-state index contributed by atoms with van der Waals surface area (Å²) in [7, 11) is 1.46. The van der Waals surface area contributed by atoms with Crippen molar-refractivity contribution in [3.8, 4) is 17.2 Å². The lowest BCUT2D eigenvalue weighted by Gasteiger charge is -2.11. The third kappa shape index (κ3) is 2.88. The van der Waals surface area contributed by atoms with E-state index in [1.165, 1.54) is 31.4 Å². The average molecular weight is 276 g/mol. The van der Waals surface area contributed by atoms with E-state index >= 15 is 0 Å². The molecule has 5 heteroatoms. The van der Waals surface area contributed by atoms with Crippen LogP contribution in [0.4, 0.5) is 4.39 Å². The van der Waals surface area contributed by atoms with Crippen molar-refractivity contribution in [3.63, 3.8) is 0 Å². The molecule has 0 aliphatic carbocycles. The first-order chi connectivity index (χ1) is 9.51. The van der Waals surface area contributed by atoms with E-state index < -0.39 is 11.8 Å². The molecule has 0 aromatic heterocycles. The summed E-state index contributed by atoms with van der Waals surface area (Å²) in [5.41, 5.74) is 0.466. The van der Waals surface area contributed by atoms with Gasteiger partial charge in [-0.1, -0.05) is 6.07 Å². The van der Waals surface area contributed by atoms with Gasteiger partial charge in [0.15, 0.2) is 0 Å². The van der Waals surface area contributed by atoms with Gasteiger partial charge in [-0.05, 0) is 30.7 Å². The van der Waals surface area contributed by atoms with Gasteiger partial charge in [0.05, 0.1) is 7.11 Å². The molecule has 0 bridgehead atoms. The maximum absolute atomic E-state index is 13.5. The van der Waals surface area contributed by atoms with Crippen LogP contribution in [0.5, 0.6) is 17.2 Å². The quantitative estimate of drug-likeness (QED) is 0.926. The summed E-state index contributed by atoms with van der Waals surface area (Å²) in [6, 6.07) is 8.68. The zero-order chi connectivity index (χ0) is 14.7. The fraction of sp³-hybridized carbons (Fsp3) is 0.133. The number of ether oxygens (including phenoxy) is 2. The van der Waals surface area contributed by atoms with Crippen LogP contribution in [0.25, 0.3) is 0 Å². The number of hydrogen-bond donors (Lipinski definition) is 1. The van der Waals surface area contributed by atoms with E-state index in [4.69, 9.17) is 14.6 Å². The largest absolute Gasteiger partial charge is 0.497 e. The van der Waals surface area contributed by atoms with Gasteiger partial charge in [-0.25, -0.2) is 9.18 Å². The molecular formula is C15H13FO4. The summed E-state index contributed by atoms with van der Waals surface area (Å²) in [6.07, 6.45) is 0. The number of aryl methyl sites for hydroxylation is 1. The molecule has 104 valence electrons. The van der Waals surface area contributed by atoms with Crippen molar-refractivity contribution in [2.24, 2.45) is 0 Å². The van der Waals surface area contributed by atoms with Crippen molar-refractivity contribution in [2.75, 3.05) is 7.11 Å². The molecule has 2 aromatic carbocycles. The van der Waals surface area contributed by atoms with Crippen molar-refractivity contribution in [3.05, 3.63) is 53.3 Å². The van der Waals surface area contributed by atoms with Gasteiger partial charge < -0.3 is 14.6 Å². The molecule has 0 atom stereocenters. The van der Waals surface area contributed by atoms with Gasteiger partial charge in [-0.15, -0.1) is 0 Å². The molecule has 0 unspecified atom stereocenters. The Labute approximate surface area is 115 Å². The topological polar surface area (TPSA) is 55.8 Å². The molecule has 0 saturated carbocycles. The molecule has 0 fully saturated rings. The van der Waals surface area contributed by atoms with E-state index in [2.05, 4.69) is 0 Å². The molecule has 0 saturated heterocycles. The van der Waals surface area contributed by atoms with E-state index in [0.717, 1.165) is 0 Å². The summed E-state index contributed by atoms with van der Waals surface area (Å²) < 4.78 is 23.9. The second-order valence-electron chi connectivity index (χ2n) is 4.18. The lowest BCUT2D eigenvalue weighted by molar-refractivity contribution is 0.0694. The lowest BCUT2D eigenvalue weighted by Crippen LogP contribution is -2.00. The van der Waals surface area contributed by atoms with Crippen LogP contribution in [-0.2, 0) is 0 Å². The van der Waals surface area contributed by atoms with E-state index in [1.54, 1.807) is 19.1 Å². The van der Waals surface area contributed by atoms with Crippen molar-refractivity contribution < 1.29 is 23.8 Å². The SMILES string of the molecule is COc1ccc(C(=O)O)c(Oc2ccc(C)c(F)c2)c1. The number of halogens is 1. The van der Waals surface area contributed by atoms with Crippen LogP contribution >= 0.6 is 0 Å². The molecule has 0 aliphatic rings. The fourth-order valence-electron chi connectivity index (χ4n) is 1.65. The van der Waals surface area contributed by atoms with Crippen molar-refractivity contribution >= 4 is 5.97 Å². The molecule has 0 aliphatic heterocycles. The monoisotopic (exact) mass is 276 g/mol. The average Bonchev–Trinajstić information content (AvgIpc) is 2.42. The van der Waals surface area contributed by atoms with Crippen LogP contribution in [0.15, 0.2) is 36.4 Å². The number of carbonyl (C=O) groups is 1. The molecule has 1 N–H and O–H groups in total. The number of carboxylic acids is 1. The van der Waals surface area contributed by atoms with Gasteiger partial charge in [0.25, 0.3) is 0 Å². The van der Waals surface area contributed by atoms with Crippen LogP contribution in [0.2, 0.25) is 0 Å². The Hall–Kier alpha value is -2.56. The highest BCUT2D eigenvalue weighted by atomic mass is 19.1. The summed E-state index contributed by atoms with van der Waals surface area (Å²) in [6.45, 7) is 1.63. The highest BCUT2D eigenvalue weighted by Gasteiger charge is 2.14. The summed E-state index contributed by atoms with van der Waals surface area (Å²) in [5.74, 6) is -0.765. The normalized spacial score (nSPS) is 10.2. The van der Waals surface area contributed by atoms with E-state index in [-0.39, 0.29) is 17.1 Å². The molecule has 0 radical (unpaired) electrons. The first-order valence-corrected chi connectivity index (χ1v) is 5.86. The van der Waals surface area contributed by atoms with Crippen LogP contribution < -0.4 is 9.47 Å². The first-order valence-electron chi connectivity index (χ1n) is 5.86. The van der Waals surface area contributed by atoms with Crippen molar-refractivity contribution in [1.82, 2.24) is 0 Å². The number of carboxylic acid groups (broad SMARTS) is 1. The minimum atomic E-state index is -1.13. The zero-order valence-corrected chi connectivity index (χ0v) is 11.0. The number of aromatic carboxylic acids is 1. The van der Waals surface area contributed by atoms with Crippen LogP contribution in [-0.4, -0.2) is 18.2 Å². The molecular weight excluding hydrogens is 263 g/mol. The van der Waals surface area contributed by atoms with Crippen LogP contribution in [0, 0.1) is 12.7 Å². The minimum Gasteiger partial charge on any atom is -0.497 e. The van der Waals surface area contributed by atoms with E-state index in [0.29, 0.717) is 11.3 Å². The van der Waals surface area contributed by atoms with Gasteiger partial charge in [0.2, 0.25) is 0 Å². The van der Waals surface area contributed by atoms with E-state index in [9.17, 15) is 9.18 Å². The van der Waals surface area contributed by atoms with Gasteiger partial charge in [-0.3, -0.25) is 0 Å². The molecule has 2 aromatic rings. The Morgan fingerprint density at radius 2 is 1.85 bits per heavy atom. The standard InChI is InChI=1S/C15H13FO4/c1-9-3-4-11(7-13(9)16)20-14-8-10(19-2)5-6-12(14)15(17)18/h3-8H,1-2H3,(H,17,18). The minimum absolute atomic E-state index is 0.0215. The third-order valence-corrected chi connectivity index (χ3v) is 2.79. The number of rotatable bonds is 4. The second-order valence-corrected chi connectivity index (χ2v) is 4.18. The Kier molecular flexibility index (Phi) is 3.89. The maximum atomic E-state index is 13.5. The Bertz CT molecular complexity index is 652. The molecule has 20 heavy (non-hydrogen) atoms. The molecule has 0 heterocycles. The summed E-state index contributed by atoms with van der Waals surface area (Å²) in [4.78, 5) is 11.1. The first kappa shape index (κ1) is 13.9. The number of methoxy groups -OCH3 is 1. The smallest absolute Gasteiger partial charge is 0.339 e. The van der Waals surface area contributed by atoms with Crippen molar-refractivity contribution in [1.29, 1.82) is 0 Å². The molecule has 0 amide bonds. The molecule has 2 rings (SSSR count). The maximum Gasteiger partial charge on any atom is 0.339 e. The predicted octanol–water partition coefficient (Wildman–Crippen LogP) is 3.63. The van der Waals surface area contributed by atoms with Gasteiger partial charge in [0.1, 0.15) is 28.6 Å². The lowest BCUT2D eigenvalue weighted by atomic mass is 10.2. The van der Waals surface area contributed by atoms with E-state index in [1.807, 2.05) is 0 Å². The van der Waals surface area contributed by atoms with Gasteiger partial charge >= 0.3 is 5.97 Å². The Balaban J connectivity index is 2.40. The fourth-order valence-corrected chi connectivity index (χ4v) is 1.65. The number of hydrogen-bond acceptors (Lipinski definition) is 3. The molecule has 0 spiro atoms. The third-order valence-electron chi connectivity index (χ3n) is 2.79. The predicted molar refractivity (Wildman–Crippen MR) is 71.2 cm³/mol. The Morgan fingerprint density at radius 3 is 2.45 bits per heavy atom. The number of benzene rings is 2. The summed E-state index contributed by atoms with van der Waals surface area (Å²) >= 11 is 0. The van der Waals surface area contributed by atoms with Gasteiger partial charge in [-0.2, -0.15) is 0 Å². The highest BCUT2D eigenvalue weighted by molar-refractivity contribution is 5.91. The Morgan fingerprint density at radius 1 is 1.15 bits per heavy atom. The van der Waals surface area contributed by atoms with Crippen molar-refractivity contribution in [2.45, 2.75) is 6.92 Å². The second kappa shape index (κ2) is 5.61. The molecule has 4 nitrogen and oxygen atoms in total. The summed E-state index contributed by atoms with van der Waals surface area (Å²) in [5, 5.41) is 9.11. The van der Waals surface area contributed by atoms with Gasteiger partial charge in [0, 0.05) is 12.1 Å². The van der Waals surface area contributed by atoms with Crippen LogP contribution in [0.3, 0.4) is 0 Å². The highest BCUT2D eigenvalue weighted by Crippen LogP contribution is 2.30. The van der Waals surface area contributed by atoms with Crippen LogP contribution in [0.1, 0.15) is 15.9 Å².